The van der Waals surface area contributed by atoms with Crippen LogP contribution in [0.2, 0.25) is 0 Å². The van der Waals surface area contributed by atoms with Crippen molar-refractivity contribution >= 4 is 49.1 Å². The summed E-state index contributed by atoms with van der Waals surface area (Å²) in [4.78, 5) is 38.0. The summed E-state index contributed by atoms with van der Waals surface area (Å²) >= 11 is 2.93. The van der Waals surface area contributed by atoms with Crippen LogP contribution < -0.4 is 5.56 Å². The number of fused-ring (bicyclic) bond motifs is 2. The smallest absolute Gasteiger partial charge is 0.338 e. The number of thiophene rings is 1. The first-order valence-electron chi connectivity index (χ1n) is 7.98. The molecule has 0 aliphatic heterocycles. The predicted octanol–water partition coefficient (Wildman–Crippen LogP) is 4.13. The zero-order valence-corrected chi connectivity index (χ0v) is 16.0. The molecule has 132 valence electrons. The quantitative estimate of drug-likeness (QED) is 0.536. The number of thiazole rings is 1. The van der Waals surface area contributed by atoms with E-state index in [1.54, 1.807) is 30.6 Å². The van der Waals surface area contributed by atoms with E-state index >= 15 is 0 Å². The molecule has 0 spiro atoms. The Bertz CT molecular complexity index is 1210. The van der Waals surface area contributed by atoms with Gasteiger partial charge in [-0.15, -0.1) is 22.7 Å². The van der Waals surface area contributed by atoms with Gasteiger partial charge in [-0.1, -0.05) is 0 Å². The van der Waals surface area contributed by atoms with E-state index in [2.05, 4.69) is 15.0 Å². The first-order chi connectivity index (χ1) is 12.4. The van der Waals surface area contributed by atoms with Crippen LogP contribution in [0.15, 0.2) is 28.5 Å². The lowest BCUT2D eigenvalue weighted by Crippen LogP contribution is -2.17. The molecule has 4 aromatic rings. The topological polar surface area (TPSA) is 84.9 Å². The summed E-state index contributed by atoms with van der Waals surface area (Å²) in [5, 5.41) is 0.602. The van der Waals surface area contributed by atoms with Crippen molar-refractivity contribution in [1.29, 1.82) is 0 Å². The minimum absolute atomic E-state index is 0.208. The lowest BCUT2D eigenvalue weighted by atomic mass is 10.2. The van der Waals surface area contributed by atoms with Crippen molar-refractivity contribution in [2.24, 2.45) is 0 Å². The molecular formula is C18H15N3O3S2. The lowest BCUT2D eigenvalue weighted by molar-refractivity contribution is 0.0320. The number of ether oxygens (including phenoxy) is 1. The normalized spacial score (nSPS) is 12.6. The summed E-state index contributed by atoms with van der Waals surface area (Å²) in [6.45, 7) is 5.56. The third-order valence-electron chi connectivity index (χ3n) is 4.29. The zero-order valence-electron chi connectivity index (χ0n) is 14.3. The summed E-state index contributed by atoms with van der Waals surface area (Å²) < 4.78 is 6.43. The van der Waals surface area contributed by atoms with Crippen molar-refractivity contribution in [3.8, 4) is 0 Å². The van der Waals surface area contributed by atoms with Gasteiger partial charge < -0.3 is 9.72 Å². The molecule has 0 saturated carbocycles. The fourth-order valence-electron chi connectivity index (χ4n) is 2.73. The molecule has 1 aromatic carbocycles. The van der Waals surface area contributed by atoms with Crippen LogP contribution in [0, 0.1) is 13.8 Å². The van der Waals surface area contributed by atoms with Gasteiger partial charge in [-0.25, -0.2) is 14.8 Å². The van der Waals surface area contributed by atoms with E-state index in [0.717, 1.165) is 20.7 Å². The van der Waals surface area contributed by atoms with E-state index in [1.807, 2.05) is 13.8 Å². The third kappa shape index (κ3) is 2.81. The maximum absolute atomic E-state index is 12.4. The van der Waals surface area contributed by atoms with Crippen LogP contribution in [0.1, 0.15) is 39.7 Å². The zero-order chi connectivity index (χ0) is 18.4. The molecule has 8 heteroatoms. The Balaban J connectivity index is 1.63. The lowest BCUT2D eigenvalue weighted by Gasteiger charge is -2.12. The van der Waals surface area contributed by atoms with Crippen molar-refractivity contribution in [3.05, 3.63) is 55.9 Å². The van der Waals surface area contributed by atoms with Gasteiger partial charge in [0, 0.05) is 4.88 Å². The molecule has 0 bridgehead atoms. The average Bonchev–Trinajstić information content (AvgIpc) is 3.18. The van der Waals surface area contributed by atoms with E-state index in [4.69, 9.17) is 4.74 Å². The number of carbonyl (C=O) groups is 1. The number of H-pyrrole nitrogens is 1. The minimum atomic E-state index is -0.667. The molecule has 1 unspecified atom stereocenters. The highest BCUT2D eigenvalue weighted by Gasteiger charge is 2.19. The van der Waals surface area contributed by atoms with E-state index in [0.29, 0.717) is 21.6 Å². The van der Waals surface area contributed by atoms with Crippen molar-refractivity contribution in [1.82, 2.24) is 15.0 Å². The molecule has 0 amide bonds. The second kappa shape index (κ2) is 6.30. The van der Waals surface area contributed by atoms with Crippen LogP contribution >= 0.6 is 22.7 Å². The highest BCUT2D eigenvalue weighted by Crippen LogP contribution is 2.27. The number of aryl methyl sites for hydroxylation is 2. The van der Waals surface area contributed by atoms with Gasteiger partial charge in [0.25, 0.3) is 5.56 Å². The van der Waals surface area contributed by atoms with Gasteiger partial charge in [0.1, 0.15) is 4.83 Å². The second-order valence-corrected chi connectivity index (χ2v) is 8.09. The molecule has 3 aromatic heterocycles. The molecular weight excluding hydrogens is 370 g/mol. The van der Waals surface area contributed by atoms with Crippen LogP contribution in [-0.2, 0) is 4.74 Å². The Hall–Kier alpha value is -2.58. The van der Waals surface area contributed by atoms with Crippen LogP contribution in [0.25, 0.3) is 20.4 Å². The van der Waals surface area contributed by atoms with Crippen molar-refractivity contribution in [2.45, 2.75) is 26.9 Å². The number of aromatic nitrogens is 3. The molecule has 3 heterocycles. The Labute approximate surface area is 156 Å². The number of rotatable bonds is 3. The Morgan fingerprint density at radius 3 is 2.92 bits per heavy atom. The Morgan fingerprint density at radius 1 is 1.31 bits per heavy atom. The number of hydrogen-bond acceptors (Lipinski definition) is 7. The van der Waals surface area contributed by atoms with Crippen molar-refractivity contribution < 1.29 is 9.53 Å². The first-order valence-corrected chi connectivity index (χ1v) is 9.68. The molecule has 0 aliphatic carbocycles. The molecule has 1 N–H and O–H groups in total. The van der Waals surface area contributed by atoms with Gasteiger partial charge in [-0.3, -0.25) is 4.79 Å². The number of hydrogen-bond donors (Lipinski definition) is 1. The highest BCUT2D eigenvalue weighted by molar-refractivity contribution is 7.18. The maximum Gasteiger partial charge on any atom is 0.338 e. The van der Waals surface area contributed by atoms with Gasteiger partial charge in [0.15, 0.2) is 11.9 Å². The Kier molecular flexibility index (Phi) is 4.08. The molecule has 4 rings (SSSR count). The van der Waals surface area contributed by atoms with Gasteiger partial charge in [0.2, 0.25) is 0 Å². The van der Waals surface area contributed by atoms with Crippen LogP contribution in [-0.4, -0.2) is 20.9 Å². The standard InChI is InChI=1S/C18H15N3O3S2/c1-8-10(3)26-17-14(8)16(22)20-15(21-17)9(2)24-18(23)11-4-5-12-13(6-11)25-7-19-12/h4-7,9H,1-3H3,(H,20,21,22). The van der Waals surface area contributed by atoms with E-state index in [9.17, 15) is 9.59 Å². The predicted molar refractivity (Wildman–Crippen MR) is 103 cm³/mol. The van der Waals surface area contributed by atoms with Gasteiger partial charge in [-0.2, -0.15) is 0 Å². The SMILES string of the molecule is Cc1sc2nc(C(C)OC(=O)c3ccc4ncsc4c3)[nH]c(=O)c2c1C. The number of nitrogens with zero attached hydrogens (tertiary/aromatic N) is 2. The Morgan fingerprint density at radius 2 is 2.12 bits per heavy atom. The van der Waals surface area contributed by atoms with Crippen LogP contribution in [0.3, 0.4) is 0 Å². The molecule has 0 fully saturated rings. The summed E-state index contributed by atoms with van der Waals surface area (Å²) in [5.74, 6) is -0.120. The summed E-state index contributed by atoms with van der Waals surface area (Å²) in [5.41, 5.74) is 3.75. The summed E-state index contributed by atoms with van der Waals surface area (Å²) in [7, 11) is 0. The highest BCUT2D eigenvalue weighted by atomic mass is 32.1. The van der Waals surface area contributed by atoms with Crippen LogP contribution in [0.4, 0.5) is 0 Å². The van der Waals surface area contributed by atoms with Gasteiger partial charge >= 0.3 is 5.97 Å². The number of nitrogens with one attached hydrogen (secondary N) is 1. The number of benzene rings is 1. The fraction of sp³-hybridized carbons (Fsp3) is 0.222. The van der Waals surface area contributed by atoms with E-state index in [1.165, 1.54) is 22.7 Å². The number of esters is 1. The second-order valence-electron chi connectivity index (χ2n) is 6.00. The first kappa shape index (κ1) is 16.9. The molecule has 0 saturated heterocycles. The average molecular weight is 385 g/mol. The molecule has 26 heavy (non-hydrogen) atoms. The summed E-state index contributed by atoms with van der Waals surface area (Å²) in [6.07, 6.45) is -0.667. The molecule has 0 aliphatic rings. The maximum atomic E-state index is 12.4. The number of aromatic amines is 1. The minimum Gasteiger partial charge on any atom is -0.451 e. The molecule has 6 nitrogen and oxygen atoms in total. The van der Waals surface area contributed by atoms with Crippen molar-refractivity contribution in [3.63, 3.8) is 0 Å². The van der Waals surface area contributed by atoms with E-state index < -0.39 is 12.1 Å². The summed E-state index contributed by atoms with van der Waals surface area (Å²) in [6, 6.07) is 5.23. The molecule has 0 radical (unpaired) electrons. The van der Waals surface area contributed by atoms with Crippen LogP contribution in [0.5, 0.6) is 0 Å². The fourth-order valence-corrected chi connectivity index (χ4v) is 4.48. The van der Waals surface area contributed by atoms with Gasteiger partial charge in [-0.05, 0) is 44.5 Å². The monoisotopic (exact) mass is 385 g/mol. The largest absolute Gasteiger partial charge is 0.451 e. The number of carbonyl (C=O) groups excluding carboxylic acids is 1. The van der Waals surface area contributed by atoms with Crippen molar-refractivity contribution in [2.75, 3.05) is 0 Å². The third-order valence-corrected chi connectivity index (χ3v) is 6.19. The van der Waals surface area contributed by atoms with E-state index in [-0.39, 0.29) is 5.56 Å². The molecule has 1 atom stereocenters. The van der Waals surface area contributed by atoms with Gasteiger partial charge in [0.05, 0.1) is 26.7 Å².